The number of likely N-dealkylation sites (tertiary alicyclic amines) is 1. The quantitative estimate of drug-likeness (QED) is 0.334. The maximum atomic E-state index is 15.6. The summed E-state index contributed by atoms with van der Waals surface area (Å²) in [5.41, 5.74) is 0.404. The summed E-state index contributed by atoms with van der Waals surface area (Å²) in [6.07, 6.45) is 0.929. The minimum atomic E-state index is -1.45. The molecule has 2 aromatic carbocycles. The summed E-state index contributed by atoms with van der Waals surface area (Å²) in [4.78, 5) is 18.6. The third kappa shape index (κ3) is 6.15. The molecule has 0 aliphatic carbocycles. The smallest absolute Gasteiger partial charge is 0.309 e. The molecular weight excluding hydrogens is 521 g/mol. The molecule has 0 bridgehead atoms. The van der Waals surface area contributed by atoms with Crippen molar-refractivity contribution in [1.29, 1.82) is 0 Å². The summed E-state index contributed by atoms with van der Waals surface area (Å²) in [5.74, 6) is 5.17. The Balaban J connectivity index is 1.41. The van der Waals surface area contributed by atoms with Gasteiger partial charge in [0.25, 0.3) is 0 Å². The molecule has 1 atom stereocenters. The SMILES string of the molecule is COc1ccc2ncc(Cl)c([C@H](F)CCC3(C(=O)O)CCN(CC#Cc4ccc(F)cc4Cl)CC3)c2c1. The van der Waals surface area contributed by atoms with Crippen molar-refractivity contribution < 1.29 is 23.4 Å². The van der Waals surface area contributed by atoms with Crippen LogP contribution in [0.15, 0.2) is 42.6 Å². The van der Waals surface area contributed by atoms with Crippen molar-refractivity contribution in [2.75, 3.05) is 26.7 Å². The molecule has 194 valence electrons. The molecule has 3 aromatic rings. The van der Waals surface area contributed by atoms with Crippen molar-refractivity contribution >= 4 is 40.1 Å². The molecule has 0 amide bonds. The summed E-state index contributed by atoms with van der Waals surface area (Å²) < 4.78 is 34.1. The summed E-state index contributed by atoms with van der Waals surface area (Å²) in [6.45, 7) is 1.46. The molecule has 2 heterocycles. The van der Waals surface area contributed by atoms with Crippen LogP contribution in [0.3, 0.4) is 0 Å². The van der Waals surface area contributed by atoms with Gasteiger partial charge in [-0.05, 0) is 62.1 Å². The van der Waals surface area contributed by atoms with Crippen molar-refractivity contribution in [3.63, 3.8) is 0 Å². The Bertz CT molecular complexity index is 1360. The third-order valence-corrected chi connectivity index (χ3v) is 7.60. The number of methoxy groups -OCH3 is 1. The number of carbonyl (C=O) groups is 1. The van der Waals surface area contributed by atoms with E-state index in [2.05, 4.69) is 21.7 Å². The summed E-state index contributed by atoms with van der Waals surface area (Å²) >= 11 is 12.4. The van der Waals surface area contributed by atoms with E-state index >= 15 is 4.39 Å². The fraction of sp³-hybridized carbons (Fsp3) is 0.357. The highest BCUT2D eigenvalue weighted by Gasteiger charge is 2.41. The van der Waals surface area contributed by atoms with E-state index < -0.39 is 23.4 Å². The number of hydrogen-bond acceptors (Lipinski definition) is 4. The topological polar surface area (TPSA) is 62.7 Å². The van der Waals surface area contributed by atoms with Crippen LogP contribution in [0.1, 0.15) is 43.0 Å². The second-order valence-electron chi connectivity index (χ2n) is 9.20. The van der Waals surface area contributed by atoms with Crippen LogP contribution in [0.5, 0.6) is 5.75 Å². The van der Waals surface area contributed by atoms with Crippen LogP contribution in [0.4, 0.5) is 8.78 Å². The van der Waals surface area contributed by atoms with Crippen LogP contribution in [0.2, 0.25) is 10.0 Å². The van der Waals surface area contributed by atoms with Crippen molar-refractivity contribution in [2.24, 2.45) is 5.41 Å². The number of alkyl halides is 1. The van der Waals surface area contributed by atoms with Crippen molar-refractivity contribution in [1.82, 2.24) is 9.88 Å². The van der Waals surface area contributed by atoms with E-state index in [-0.39, 0.29) is 22.9 Å². The standard InChI is InChI=1S/C28H26Cl2F2N2O3/c1-37-20-6-7-25-21(16-20)26(23(30)17-33-25)24(32)8-9-28(27(35)36)10-13-34(14-11-28)12-2-3-18-4-5-19(31)15-22(18)29/h4-7,15-17,24H,8-14H2,1H3,(H,35,36)/t24-/m1/s1. The average Bonchev–Trinajstić information content (AvgIpc) is 2.88. The number of piperidine rings is 1. The molecule has 37 heavy (non-hydrogen) atoms. The molecular formula is C28H26Cl2F2N2O3. The van der Waals surface area contributed by atoms with Gasteiger partial charge in [0.1, 0.15) is 17.7 Å². The first-order valence-electron chi connectivity index (χ1n) is 11.9. The number of halogens is 4. The van der Waals surface area contributed by atoms with Crippen LogP contribution in [0.25, 0.3) is 10.9 Å². The molecule has 1 saturated heterocycles. The number of nitrogens with zero attached hydrogens (tertiary/aromatic N) is 2. The molecule has 1 N–H and O–H groups in total. The zero-order valence-corrected chi connectivity index (χ0v) is 21.8. The lowest BCUT2D eigenvalue weighted by Gasteiger charge is -2.38. The molecule has 0 saturated carbocycles. The molecule has 9 heteroatoms. The Morgan fingerprint density at radius 2 is 1.97 bits per heavy atom. The highest BCUT2D eigenvalue weighted by atomic mass is 35.5. The zero-order valence-electron chi connectivity index (χ0n) is 20.2. The van der Waals surface area contributed by atoms with E-state index in [4.69, 9.17) is 27.9 Å². The first-order chi connectivity index (χ1) is 17.7. The third-order valence-electron chi connectivity index (χ3n) is 6.98. The molecule has 0 unspecified atom stereocenters. The molecule has 0 radical (unpaired) electrons. The number of aromatic nitrogens is 1. The number of rotatable bonds is 7. The number of carboxylic acids is 1. The lowest BCUT2D eigenvalue weighted by Crippen LogP contribution is -2.44. The molecule has 1 aliphatic heterocycles. The van der Waals surface area contributed by atoms with E-state index in [1.807, 2.05) is 0 Å². The Morgan fingerprint density at radius 1 is 1.22 bits per heavy atom. The van der Waals surface area contributed by atoms with E-state index in [1.165, 1.54) is 31.5 Å². The molecule has 1 aromatic heterocycles. The van der Waals surface area contributed by atoms with Crippen molar-refractivity contribution in [3.05, 3.63) is 69.6 Å². The number of pyridine rings is 1. The monoisotopic (exact) mass is 546 g/mol. The molecule has 1 fully saturated rings. The second kappa shape index (κ2) is 11.6. The van der Waals surface area contributed by atoms with Crippen molar-refractivity contribution in [3.8, 4) is 17.6 Å². The van der Waals surface area contributed by atoms with Gasteiger partial charge in [-0.2, -0.15) is 0 Å². The first kappa shape index (κ1) is 27.1. The van der Waals surface area contributed by atoms with Crippen LogP contribution >= 0.6 is 23.2 Å². The molecule has 0 spiro atoms. The number of carboxylic acid groups (broad SMARTS) is 1. The van der Waals surface area contributed by atoms with E-state index in [0.717, 1.165) is 0 Å². The Hall–Kier alpha value is -2.92. The first-order valence-corrected chi connectivity index (χ1v) is 12.6. The van der Waals surface area contributed by atoms with Gasteiger partial charge in [-0.1, -0.05) is 35.0 Å². The minimum absolute atomic E-state index is 0.0191. The number of ether oxygens (including phenoxy) is 1. The predicted octanol–water partition coefficient (Wildman–Crippen LogP) is 6.70. The number of fused-ring (bicyclic) bond motifs is 1. The van der Waals surface area contributed by atoms with Gasteiger partial charge in [-0.3, -0.25) is 14.7 Å². The number of aliphatic carboxylic acids is 1. The fourth-order valence-corrected chi connectivity index (χ4v) is 5.19. The van der Waals surface area contributed by atoms with Crippen molar-refractivity contribution in [2.45, 2.75) is 31.9 Å². The predicted molar refractivity (Wildman–Crippen MR) is 140 cm³/mol. The lowest BCUT2D eigenvalue weighted by atomic mass is 9.74. The summed E-state index contributed by atoms with van der Waals surface area (Å²) in [7, 11) is 1.53. The van der Waals surface area contributed by atoms with E-state index in [1.54, 1.807) is 18.2 Å². The lowest BCUT2D eigenvalue weighted by molar-refractivity contribution is -0.152. The summed E-state index contributed by atoms with van der Waals surface area (Å²) in [5, 5.41) is 11.1. The fourth-order valence-electron chi connectivity index (χ4n) is 4.71. The van der Waals surface area contributed by atoms with Crippen LogP contribution in [-0.4, -0.2) is 47.7 Å². The van der Waals surface area contributed by atoms with Crippen LogP contribution < -0.4 is 4.74 Å². The van der Waals surface area contributed by atoms with Gasteiger partial charge in [0.05, 0.1) is 34.6 Å². The normalized spacial score (nSPS) is 16.1. The van der Waals surface area contributed by atoms with Gasteiger partial charge in [-0.25, -0.2) is 8.78 Å². The minimum Gasteiger partial charge on any atom is -0.497 e. The van der Waals surface area contributed by atoms with Gasteiger partial charge >= 0.3 is 5.97 Å². The van der Waals surface area contributed by atoms with Crippen LogP contribution in [-0.2, 0) is 4.79 Å². The van der Waals surface area contributed by atoms with Gasteiger partial charge in [0.2, 0.25) is 0 Å². The van der Waals surface area contributed by atoms with Gasteiger partial charge < -0.3 is 9.84 Å². The largest absolute Gasteiger partial charge is 0.497 e. The Morgan fingerprint density at radius 3 is 2.65 bits per heavy atom. The highest BCUT2D eigenvalue weighted by molar-refractivity contribution is 6.32. The summed E-state index contributed by atoms with van der Waals surface area (Å²) in [6, 6.07) is 9.22. The van der Waals surface area contributed by atoms with Gasteiger partial charge in [0, 0.05) is 35.8 Å². The Labute approximate surface area is 224 Å². The molecule has 1 aliphatic rings. The maximum absolute atomic E-state index is 15.6. The number of benzene rings is 2. The Kier molecular flexibility index (Phi) is 8.53. The van der Waals surface area contributed by atoms with E-state index in [9.17, 15) is 14.3 Å². The van der Waals surface area contributed by atoms with Crippen LogP contribution in [0, 0.1) is 23.1 Å². The zero-order chi connectivity index (χ0) is 26.6. The van der Waals surface area contributed by atoms with Gasteiger partial charge in [-0.15, -0.1) is 0 Å². The number of hydrogen-bond donors (Lipinski definition) is 1. The van der Waals surface area contributed by atoms with Gasteiger partial charge in [0.15, 0.2) is 0 Å². The maximum Gasteiger partial charge on any atom is 0.309 e. The second-order valence-corrected chi connectivity index (χ2v) is 10.0. The molecule has 5 nitrogen and oxygen atoms in total. The average molecular weight is 547 g/mol. The highest BCUT2D eigenvalue weighted by Crippen LogP contribution is 2.42. The van der Waals surface area contributed by atoms with E-state index in [0.29, 0.717) is 60.3 Å². The molecule has 4 rings (SSSR count).